The first-order valence-corrected chi connectivity index (χ1v) is 6.56. The average molecular weight is 269 g/mol. The highest BCUT2D eigenvalue weighted by molar-refractivity contribution is 6.04. The van der Waals surface area contributed by atoms with E-state index in [1.54, 1.807) is 7.11 Å². The summed E-state index contributed by atoms with van der Waals surface area (Å²) in [6.07, 6.45) is 0. The second-order valence-electron chi connectivity index (χ2n) is 4.90. The largest absolute Gasteiger partial charge is 0.380 e. The first-order valence-electron chi connectivity index (χ1n) is 6.56. The Bertz CT molecular complexity index is 603. The Morgan fingerprint density at radius 1 is 1.10 bits per heavy atom. The topological polar surface area (TPSA) is 38.3 Å². The van der Waals surface area contributed by atoms with Gasteiger partial charge in [-0.1, -0.05) is 29.8 Å². The van der Waals surface area contributed by atoms with Crippen LogP contribution in [0.5, 0.6) is 0 Å². The van der Waals surface area contributed by atoms with E-state index in [0.29, 0.717) is 12.2 Å². The van der Waals surface area contributed by atoms with E-state index in [9.17, 15) is 4.79 Å². The summed E-state index contributed by atoms with van der Waals surface area (Å²) >= 11 is 0. The summed E-state index contributed by atoms with van der Waals surface area (Å²) < 4.78 is 5.05. The maximum Gasteiger partial charge on any atom is 0.255 e. The molecule has 0 unspecified atom stereocenters. The lowest BCUT2D eigenvalue weighted by Gasteiger charge is -2.09. The van der Waals surface area contributed by atoms with E-state index < -0.39 is 0 Å². The minimum Gasteiger partial charge on any atom is -0.380 e. The zero-order valence-electron chi connectivity index (χ0n) is 12.1. The van der Waals surface area contributed by atoms with Crippen molar-refractivity contribution in [3.05, 3.63) is 64.7 Å². The van der Waals surface area contributed by atoms with Gasteiger partial charge in [0.05, 0.1) is 6.61 Å². The van der Waals surface area contributed by atoms with Gasteiger partial charge in [-0.3, -0.25) is 4.79 Å². The van der Waals surface area contributed by atoms with E-state index in [2.05, 4.69) is 11.4 Å². The summed E-state index contributed by atoms with van der Waals surface area (Å²) in [7, 11) is 1.65. The van der Waals surface area contributed by atoms with Gasteiger partial charge in [0.2, 0.25) is 0 Å². The minimum atomic E-state index is -0.0964. The molecule has 0 spiro atoms. The fourth-order valence-corrected chi connectivity index (χ4v) is 2.07. The van der Waals surface area contributed by atoms with Crippen molar-refractivity contribution in [2.24, 2.45) is 0 Å². The molecular formula is C17H19NO2. The van der Waals surface area contributed by atoms with Crippen LogP contribution in [0.3, 0.4) is 0 Å². The molecule has 0 radical (unpaired) electrons. The van der Waals surface area contributed by atoms with Crippen LogP contribution in [0, 0.1) is 13.8 Å². The molecule has 3 nitrogen and oxygen atoms in total. The highest BCUT2D eigenvalue weighted by Gasteiger charge is 2.07. The van der Waals surface area contributed by atoms with Crippen molar-refractivity contribution in [1.82, 2.24) is 0 Å². The monoisotopic (exact) mass is 269 g/mol. The molecule has 1 N–H and O–H groups in total. The maximum atomic E-state index is 12.2. The SMILES string of the molecule is COCc1ccc(C(=O)Nc2ccc(C)cc2C)cc1. The number of rotatable bonds is 4. The summed E-state index contributed by atoms with van der Waals surface area (Å²) in [5, 5.41) is 2.93. The van der Waals surface area contributed by atoms with Crippen molar-refractivity contribution < 1.29 is 9.53 Å². The molecule has 3 heteroatoms. The number of hydrogen-bond donors (Lipinski definition) is 1. The lowest BCUT2D eigenvalue weighted by atomic mass is 10.1. The van der Waals surface area contributed by atoms with Crippen LogP contribution >= 0.6 is 0 Å². The molecule has 0 aliphatic rings. The molecule has 2 aromatic carbocycles. The number of benzene rings is 2. The van der Waals surface area contributed by atoms with Gasteiger partial charge >= 0.3 is 0 Å². The Hall–Kier alpha value is -2.13. The van der Waals surface area contributed by atoms with Crippen molar-refractivity contribution >= 4 is 11.6 Å². The van der Waals surface area contributed by atoms with E-state index in [4.69, 9.17) is 4.74 Å². The first kappa shape index (κ1) is 14.3. The molecule has 0 heterocycles. The average Bonchev–Trinajstić information content (AvgIpc) is 2.43. The summed E-state index contributed by atoms with van der Waals surface area (Å²) in [6, 6.07) is 13.4. The normalized spacial score (nSPS) is 10.3. The number of carbonyl (C=O) groups is 1. The van der Waals surface area contributed by atoms with Gasteiger partial charge in [0.15, 0.2) is 0 Å². The van der Waals surface area contributed by atoms with Crippen LogP contribution < -0.4 is 5.32 Å². The molecule has 0 fully saturated rings. The summed E-state index contributed by atoms with van der Waals surface area (Å²) in [6.45, 7) is 4.58. The predicted molar refractivity (Wildman–Crippen MR) is 81.0 cm³/mol. The molecule has 1 amide bonds. The fraction of sp³-hybridized carbons (Fsp3) is 0.235. The minimum absolute atomic E-state index is 0.0964. The van der Waals surface area contributed by atoms with E-state index in [-0.39, 0.29) is 5.91 Å². The molecule has 0 aromatic heterocycles. The van der Waals surface area contributed by atoms with E-state index in [1.165, 1.54) is 5.56 Å². The third-order valence-electron chi connectivity index (χ3n) is 3.16. The predicted octanol–water partition coefficient (Wildman–Crippen LogP) is 3.70. The van der Waals surface area contributed by atoms with Gasteiger partial charge in [0.1, 0.15) is 0 Å². The van der Waals surface area contributed by atoms with Gasteiger partial charge in [0.25, 0.3) is 5.91 Å². The summed E-state index contributed by atoms with van der Waals surface area (Å²) in [5.41, 5.74) is 4.79. The summed E-state index contributed by atoms with van der Waals surface area (Å²) in [5.74, 6) is -0.0964. The number of ether oxygens (including phenoxy) is 1. The maximum absolute atomic E-state index is 12.2. The molecule has 0 aliphatic carbocycles. The van der Waals surface area contributed by atoms with Crippen LogP contribution in [0.25, 0.3) is 0 Å². The van der Waals surface area contributed by atoms with Gasteiger partial charge < -0.3 is 10.1 Å². The van der Waals surface area contributed by atoms with Crippen molar-refractivity contribution in [2.75, 3.05) is 12.4 Å². The van der Waals surface area contributed by atoms with Crippen LogP contribution in [0.15, 0.2) is 42.5 Å². The Kier molecular flexibility index (Phi) is 4.53. The lowest BCUT2D eigenvalue weighted by Crippen LogP contribution is -2.12. The van der Waals surface area contributed by atoms with Gasteiger partial charge in [-0.05, 0) is 43.2 Å². The smallest absolute Gasteiger partial charge is 0.255 e. The lowest BCUT2D eigenvalue weighted by molar-refractivity contribution is 0.102. The van der Waals surface area contributed by atoms with Gasteiger partial charge in [-0.15, -0.1) is 0 Å². The van der Waals surface area contributed by atoms with E-state index in [0.717, 1.165) is 16.8 Å². The number of nitrogens with one attached hydrogen (secondary N) is 1. The van der Waals surface area contributed by atoms with Gasteiger partial charge in [0, 0.05) is 18.4 Å². The van der Waals surface area contributed by atoms with Crippen LogP contribution in [-0.2, 0) is 11.3 Å². The zero-order chi connectivity index (χ0) is 14.5. The van der Waals surface area contributed by atoms with Crippen LogP contribution in [-0.4, -0.2) is 13.0 Å². The molecule has 2 aromatic rings. The molecular weight excluding hydrogens is 250 g/mol. The van der Waals surface area contributed by atoms with E-state index in [1.807, 2.05) is 50.2 Å². The Morgan fingerprint density at radius 3 is 2.40 bits per heavy atom. The van der Waals surface area contributed by atoms with Gasteiger partial charge in [-0.2, -0.15) is 0 Å². The van der Waals surface area contributed by atoms with Crippen LogP contribution in [0.4, 0.5) is 5.69 Å². The third-order valence-corrected chi connectivity index (χ3v) is 3.16. The fourth-order valence-electron chi connectivity index (χ4n) is 2.07. The molecule has 104 valence electrons. The molecule has 0 aliphatic heterocycles. The second-order valence-corrected chi connectivity index (χ2v) is 4.90. The van der Waals surface area contributed by atoms with Crippen molar-refractivity contribution in [3.8, 4) is 0 Å². The molecule has 0 bridgehead atoms. The number of amides is 1. The molecule has 20 heavy (non-hydrogen) atoms. The zero-order valence-corrected chi connectivity index (χ0v) is 12.1. The number of anilines is 1. The van der Waals surface area contributed by atoms with Gasteiger partial charge in [-0.25, -0.2) is 0 Å². The molecule has 0 atom stereocenters. The number of aryl methyl sites for hydroxylation is 2. The molecule has 0 saturated carbocycles. The Morgan fingerprint density at radius 2 is 1.80 bits per heavy atom. The highest BCUT2D eigenvalue weighted by Crippen LogP contribution is 2.17. The third kappa shape index (κ3) is 3.45. The standard InChI is InChI=1S/C17H19NO2/c1-12-4-9-16(13(2)10-12)18-17(19)15-7-5-14(6-8-15)11-20-3/h4-10H,11H2,1-3H3,(H,18,19). The number of methoxy groups -OCH3 is 1. The van der Waals surface area contributed by atoms with Crippen molar-refractivity contribution in [2.45, 2.75) is 20.5 Å². The van der Waals surface area contributed by atoms with Crippen LogP contribution in [0.2, 0.25) is 0 Å². The molecule has 0 saturated heterocycles. The number of carbonyl (C=O) groups excluding carboxylic acids is 1. The first-order chi connectivity index (χ1) is 9.60. The highest BCUT2D eigenvalue weighted by atomic mass is 16.5. The number of hydrogen-bond acceptors (Lipinski definition) is 2. The Labute approximate surface area is 119 Å². The van der Waals surface area contributed by atoms with E-state index >= 15 is 0 Å². The quantitative estimate of drug-likeness (QED) is 0.919. The second kappa shape index (κ2) is 6.35. The van der Waals surface area contributed by atoms with Crippen molar-refractivity contribution in [3.63, 3.8) is 0 Å². The van der Waals surface area contributed by atoms with Crippen LogP contribution in [0.1, 0.15) is 27.0 Å². The Balaban J connectivity index is 2.11. The summed E-state index contributed by atoms with van der Waals surface area (Å²) in [4.78, 5) is 12.2. The van der Waals surface area contributed by atoms with Crippen molar-refractivity contribution in [1.29, 1.82) is 0 Å². The molecule has 2 rings (SSSR count).